The standard InChI is InChI=1S/C16H23FN2O/c17-15-7-3-6-14(12-15)9-11-19-16(20)18-10-8-13-4-1-2-5-13/h3,6-7,12-13H,1-2,4-5,8-11H2,(H2,18,19,20). The molecule has 0 atom stereocenters. The first-order valence-electron chi connectivity index (χ1n) is 7.50. The van der Waals surface area contributed by atoms with Crippen molar-refractivity contribution in [1.29, 1.82) is 0 Å². The van der Waals surface area contributed by atoms with Crippen molar-refractivity contribution in [2.75, 3.05) is 13.1 Å². The lowest BCUT2D eigenvalue weighted by Gasteiger charge is -2.10. The molecule has 0 bridgehead atoms. The average Bonchev–Trinajstić information content (AvgIpc) is 2.92. The topological polar surface area (TPSA) is 41.1 Å². The van der Waals surface area contributed by atoms with Crippen molar-refractivity contribution in [2.45, 2.75) is 38.5 Å². The first-order valence-corrected chi connectivity index (χ1v) is 7.50. The van der Waals surface area contributed by atoms with E-state index < -0.39 is 0 Å². The van der Waals surface area contributed by atoms with Crippen LogP contribution in [-0.2, 0) is 6.42 Å². The van der Waals surface area contributed by atoms with Crippen molar-refractivity contribution < 1.29 is 9.18 Å². The smallest absolute Gasteiger partial charge is 0.314 e. The minimum Gasteiger partial charge on any atom is -0.338 e. The number of hydrogen-bond donors (Lipinski definition) is 2. The van der Waals surface area contributed by atoms with Gasteiger partial charge < -0.3 is 10.6 Å². The molecule has 1 aromatic carbocycles. The normalized spacial score (nSPS) is 15.2. The van der Waals surface area contributed by atoms with E-state index in [1.54, 1.807) is 6.07 Å². The van der Waals surface area contributed by atoms with E-state index in [1.165, 1.54) is 37.8 Å². The molecule has 3 nitrogen and oxygen atoms in total. The molecule has 1 aliphatic carbocycles. The Kier molecular flexibility index (Phi) is 5.84. The first-order chi connectivity index (χ1) is 9.74. The molecule has 1 aliphatic rings. The van der Waals surface area contributed by atoms with Gasteiger partial charge in [-0.05, 0) is 36.5 Å². The summed E-state index contributed by atoms with van der Waals surface area (Å²) in [6, 6.07) is 6.35. The van der Waals surface area contributed by atoms with Crippen LogP contribution < -0.4 is 10.6 Å². The van der Waals surface area contributed by atoms with E-state index in [0.29, 0.717) is 13.0 Å². The van der Waals surface area contributed by atoms with Crippen molar-refractivity contribution in [3.8, 4) is 0 Å². The Labute approximate surface area is 120 Å². The molecule has 2 N–H and O–H groups in total. The van der Waals surface area contributed by atoms with Gasteiger partial charge in [0.2, 0.25) is 0 Å². The number of nitrogens with one attached hydrogen (secondary N) is 2. The van der Waals surface area contributed by atoms with Gasteiger partial charge in [-0.2, -0.15) is 0 Å². The minimum atomic E-state index is -0.233. The van der Waals surface area contributed by atoms with Crippen molar-refractivity contribution in [2.24, 2.45) is 5.92 Å². The Morgan fingerprint density at radius 1 is 1.20 bits per heavy atom. The molecule has 1 aromatic rings. The molecular formula is C16H23FN2O. The summed E-state index contributed by atoms with van der Waals surface area (Å²) < 4.78 is 13.0. The van der Waals surface area contributed by atoms with E-state index in [9.17, 15) is 9.18 Å². The molecule has 0 radical (unpaired) electrons. The van der Waals surface area contributed by atoms with E-state index in [0.717, 1.165) is 24.4 Å². The minimum absolute atomic E-state index is 0.126. The van der Waals surface area contributed by atoms with Gasteiger partial charge in [0.15, 0.2) is 0 Å². The zero-order chi connectivity index (χ0) is 14.2. The van der Waals surface area contributed by atoms with Crippen LogP contribution in [0.25, 0.3) is 0 Å². The molecule has 2 rings (SSSR count). The lowest BCUT2D eigenvalue weighted by atomic mass is 10.0. The van der Waals surface area contributed by atoms with Gasteiger partial charge in [-0.3, -0.25) is 0 Å². The highest BCUT2D eigenvalue weighted by molar-refractivity contribution is 5.73. The highest BCUT2D eigenvalue weighted by atomic mass is 19.1. The SMILES string of the molecule is O=C(NCCc1cccc(F)c1)NCCC1CCCC1. The third-order valence-corrected chi connectivity index (χ3v) is 3.90. The summed E-state index contributed by atoms with van der Waals surface area (Å²) in [6.07, 6.45) is 7.02. The Hall–Kier alpha value is -1.58. The molecule has 0 aliphatic heterocycles. The number of carbonyl (C=O) groups excluding carboxylic acids is 1. The van der Waals surface area contributed by atoms with Gasteiger partial charge in [-0.1, -0.05) is 37.8 Å². The summed E-state index contributed by atoms with van der Waals surface area (Å²) in [5.74, 6) is 0.561. The zero-order valence-electron chi connectivity index (χ0n) is 11.8. The van der Waals surface area contributed by atoms with E-state index in [-0.39, 0.29) is 11.8 Å². The molecule has 0 heterocycles. The number of halogens is 1. The fraction of sp³-hybridized carbons (Fsp3) is 0.562. The van der Waals surface area contributed by atoms with Crippen molar-refractivity contribution >= 4 is 6.03 Å². The third kappa shape index (κ3) is 5.19. The maximum Gasteiger partial charge on any atom is 0.314 e. The number of urea groups is 1. The van der Waals surface area contributed by atoms with Crippen LogP contribution in [0.3, 0.4) is 0 Å². The Balaban J connectivity index is 1.55. The van der Waals surface area contributed by atoms with Crippen molar-refractivity contribution in [3.63, 3.8) is 0 Å². The van der Waals surface area contributed by atoms with Gasteiger partial charge >= 0.3 is 6.03 Å². The Bertz CT molecular complexity index is 430. The summed E-state index contributed by atoms with van der Waals surface area (Å²) in [5, 5.41) is 5.69. The molecule has 0 saturated heterocycles. The van der Waals surface area contributed by atoms with E-state index in [4.69, 9.17) is 0 Å². The number of carbonyl (C=O) groups is 1. The summed E-state index contributed by atoms with van der Waals surface area (Å²) in [7, 11) is 0. The summed E-state index contributed by atoms with van der Waals surface area (Å²) in [6.45, 7) is 1.27. The largest absolute Gasteiger partial charge is 0.338 e. The van der Waals surface area contributed by atoms with E-state index in [2.05, 4.69) is 10.6 Å². The fourth-order valence-electron chi connectivity index (χ4n) is 2.76. The van der Waals surface area contributed by atoms with Crippen molar-refractivity contribution in [1.82, 2.24) is 10.6 Å². The van der Waals surface area contributed by atoms with Crippen LogP contribution in [0.1, 0.15) is 37.7 Å². The second kappa shape index (κ2) is 7.88. The Morgan fingerprint density at radius 3 is 2.70 bits per heavy atom. The molecule has 20 heavy (non-hydrogen) atoms. The summed E-state index contributed by atoms with van der Waals surface area (Å²) in [4.78, 5) is 11.6. The fourth-order valence-corrected chi connectivity index (χ4v) is 2.76. The molecule has 2 amide bonds. The second-order valence-corrected chi connectivity index (χ2v) is 5.50. The van der Waals surface area contributed by atoms with E-state index >= 15 is 0 Å². The maximum absolute atomic E-state index is 13.0. The number of amides is 2. The van der Waals surface area contributed by atoms with Gasteiger partial charge in [0.05, 0.1) is 0 Å². The monoisotopic (exact) mass is 278 g/mol. The maximum atomic E-state index is 13.0. The molecule has 0 spiro atoms. The lowest BCUT2D eigenvalue weighted by Crippen LogP contribution is -2.37. The predicted octanol–water partition coefficient (Wildman–Crippen LogP) is 3.25. The quantitative estimate of drug-likeness (QED) is 0.824. The molecule has 110 valence electrons. The summed E-state index contributed by atoms with van der Waals surface area (Å²) >= 11 is 0. The van der Waals surface area contributed by atoms with Crippen molar-refractivity contribution in [3.05, 3.63) is 35.6 Å². The second-order valence-electron chi connectivity index (χ2n) is 5.50. The Morgan fingerprint density at radius 2 is 1.95 bits per heavy atom. The highest BCUT2D eigenvalue weighted by Crippen LogP contribution is 2.26. The van der Waals surface area contributed by atoms with Gasteiger partial charge in [-0.25, -0.2) is 9.18 Å². The average molecular weight is 278 g/mol. The molecule has 0 unspecified atom stereocenters. The van der Waals surface area contributed by atoms with E-state index in [1.807, 2.05) is 6.07 Å². The molecule has 1 saturated carbocycles. The summed E-state index contributed by atoms with van der Waals surface area (Å²) in [5.41, 5.74) is 0.899. The highest BCUT2D eigenvalue weighted by Gasteiger charge is 2.14. The van der Waals surface area contributed by atoms with Crippen LogP contribution in [0.4, 0.5) is 9.18 Å². The number of rotatable bonds is 6. The first kappa shape index (κ1) is 14.8. The van der Waals surface area contributed by atoms with Crippen LogP contribution in [-0.4, -0.2) is 19.1 Å². The van der Waals surface area contributed by atoms with Gasteiger partial charge in [0, 0.05) is 13.1 Å². The molecular weight excluding hydrogens is 255 g/mol. The van der Waals surface area contributed by atoms with Crippen LogP contribution >= 0.6 is 0 Å². The molecule has 0 aromatic heterocycles. The zero-order valence-corrected chi connectivity index (χ0v) is 11.8. The lowest BCUT2D eigenvalue weighted by molar-refractivity contribution is 0.240. The molecule has 4 heteroatoms. The van der Waals surface area contributed by atoms with Gasteiger partial charge in [0.1, 0.15) is 5.82 Å². The van der Waals surface area contributed by atoms with Crippen LogP contribution in [0.5, 0.6) is 0 Å². The predicted molar refractivity (Wildman–Crippen MR) is 78.1 cm³/mol. The number of hydrogen-bond acceptors (Lipinski definition) is 1. The van der Waals surface area contributed by atoms with Gasteiger partial charge in [-0.15, -0.1) is 0 Å². The molecule has 1 fully saturated rings. The number of benzene rings is 1. The van der Waals surface area contributed by atoms with Crippen LogP contribution in [0.2, 0.25) is 0 Å². The van der Waals surface area contributed by atoms with Gasteiger partial charge in [0.25, 0.3) is 0 Å². The third-order valence-electron chi connectivity index (χ3n) is 3.90. The van der Waals surface area contributed by atoms with Crippen LogP contribution in [0.15, 0.2) is 24.3 Å². The van der Waals surface area contributed by atoms with Crippen LogP contribution in [0, 0.1) is 11.7 Å².